The van der Waals surface area contributed by atoms with Crippen molar-refractivity contribution in [3.05, 3.63) is 88.7 Å². The van der Waals surface area contributed by atoms with Gasteiger partial charge in [0.2, 0.25) is 0 Å². The first-order valence-electron chi connectivity index (χ1n) is 8.07. The van der Waals surface area contributed by atoms with Crippen molar-refractivity contribution in [3.8, 4) is 5.69 Å². The van der Waals surface area contributed by atoms with Crippen molar-refractivity contribution in [2.75, 3.05) is 0 Å². The summed E-state index contributed by atoms with van der Waals surface area (Å²) in [6, 6.07) is 13.9. The molecule has 0 spiro atoms. The van der Waals surface area contributed by atoms with Crippen molar-refractivity contribution >= 4 is 10.9 Å². The van der Waals surface area contributed by atoms with E-state index in [9.17, 15) is 18.0 Å². The molecule has 0 N–H and O–H groups in total. The van der Waals surface area contributed by atoms with E-state index in [-0.39, 0.29) is 17.8 Å². The van der Waals surface area contributed by atoms with Gasteiger partial charge in [-0.2, -0.15) is 18.3 Å². The van der Waals surface area contributed by atoms with Crippen molar-refractivity contribution in [1.29, 1.82) is 0 Å². The minimum Gasteiger partial charge on any atom is -0.302 e. The Kier molecular flexibility index (Phi) is 4.02. The number of hydrogen-bond donors (Lipinski definition) is 0. The van der Waals surface area contributed by atoms with E-state index >= 15 is 0 Å². The number of hydrogen-bond acceptors (Lipinski definition) is 3. The van der Waals surface area contributed by atoms with Gasteiger partial charge in [-0.15, -0.1) is 0 Å². The van der Waals surface area contributed by atoms with Crippen LogP contribution in [0.3, 0.4) is 0 Å². The first-order chi connectivity index (χ1) is 12.9. The SMILES string of the molecule is O=c1c(-n2cncn2)cc2ccccc2n1Cc1cccc(C(F)(F)F)c1. The van der Waals surface area contributed by atoms with Gasteiger partial charge in [0.15, 0.2) is 0 Å². The lowest BCUT2D eigenvalue weighted by molar-refractivity contribution is -0.137. The fourth-order valence-electron chi connectivity index (χ4n) is 2.99. The van der Waals surface area contributed by atoms with Crippen LogP contribution in [-0.4, -0.2) is 19.3 Å². The summed E-state index contributed by atoms with van der Waals surface area (Å²) in [6.45, 7) is 0.00576. The van der Waals surface area contributed by atoms with E-state index in [1.165, 1.54) is 28.0 Å². The van der Waals surface area contributed by atoms with Gasteiger partial charge >= 0.3 is 6.18 Å². The Bertz CT molecular complexity index is 1160. The molecule has 2 aromatic carbocycles. The second-order valence-corrected chi connectivity index (χ2v) is 6.02. The number of para-hydroxylation sites is 1. The van der Waals surface area contributed by atoms with Gasteiger partial charge in [-0.3, -0.25) is 4.79 Å². The zero-order chi connectivity index (χ0) is 19.0. The summed E-state index contributed by atoms with van der Waals surface area (Å²) in [4.78, 5) is 16.9. The molecule has 0 fully saturated rings. The Morgan fingerprint density at radius 2 is 1.81 bits per heavy atom. The molecule has 5 nitrogen and oxygen atoms in total. The summed E-state index contributed by atoms with van der Waals surface area (Å²) in [5, 5.41) is 4.76. The molecule has 27 heavy (non-hydrogen) atoms. The Morgan fingerprint density at radius 1 is 1.00 bits per heavy atom. The van der Waals surface area contributed by atoms with Crippen LogP contribution in [0, 0.1) is 0 Å². The summed E-state index contributed by atoms with van der Waals surface area (Å²) < 4.78 is 41.8. The van der Waals surface area contributed by atoms with Crippen LogP contribution in [0.15, 0.2) is 72.0 Å². The van der Waals surface area contributed by atoms with Crippen molar-refractivity contribution in [3.63, 3.8) is 0 Å². The molecule has 8 heteroatoms. The number of pyridine rings is 1. The molecule has 0 radical (unpaired) electrons. The summed E-state index contributed by atoms with van der Waals surface area (Å²) in [5.41, 5.74) is 0.177. The maximum absolute atomic E-state index is 13.0. The van der Waals surface area contributed by atoms with Crippen molar-refractivity contribution in [2.45, 2.75) is 12.7 Å². The molecule has 0 atom stereocenters. The van der Waals surface area contributed by atoms with Gasteiger partial charge in [0, 0.05) is 5.39 Å². The van der Waals surface area contributed by atoms with Gasteiger partial charge in [-0.25, -0.2) is 9.67 Å². The first kappa shape index (κ1) is 17.0. The normalized spacial score (nSPS) is 11.8. The summed E-state index contributed by atoms with van der Waals surface area (Å²) in [6.07, 6.45) is -1.72. The summed E-state index contributed by atoms with van der Waals surface area (Å²) >= 11 is 0. The molecule has 0 saturated carbocycles. The van der Waals surface area contributed by atoms with E-state index < -0.39 is 11.7 Å². The second-order valence-electron chi connectivity index (χ2n) is 6.02. The molecule has 0 saturated heterocycles. The molecule has 136 valence electrons. The molecule has 0 aliphatic rings. The molecular formula is C19H13F3N4O. The third kappa shape index (κ3) is 3.21. The van der Waals surface area contributed by atoms with Crippen molar-refractivity contribution in [1.82, 2.24) is 19.3 Å². The van der Waals surface area contributed by atoms with Crippen molar-refractivity contribution in [2.24, 2.45) is 0 Å². The second kappa shape index (κ2) is 6.39. The number of alkyl halides is 3. The molecule has 4 rings (SSSR count). The van der Waals surface area contributed by atoms with E-state index in [0.717, 1.165) is 17.5 Å². The van der Waals surface area contributed by atoms with E-state index in [1.807, 2.05) is 12.1 Å². The van der Waals surface area contributed by atoms with Crippen molar-refractivity contribution < 1.29 is 13.2 Å². The number of aromatic nitrogens is 4. The van der Waals surface area contributed by atoms with Crippen LogP contribution in [-0.2, 0) is 12.7 Å². The highest BCUT2D eigenvalue weighted by atomic mass is 19.4. The van der Waals surface area contributed by atoms with Crippen LogP contribution in [0.4, 0.5) is 13.2 Å². The molecule has 2 heterocycles. The molecule has 0 aliphatic heterocycles. The predicted octanol–water partition coefficient (Wildman–Crippen LogP) is 3.65. The van der Waals surface area contributed by atoms with E-state index in [0.29, 0.717) is 11.1 Å². The van der Waals surface area contributed by atoms with Gasteiger partial charge in [0.05, 0.1) is 17.6 Å². The zero-order valence-electron chi connectivity index (χ0n) is 13.9. The monoisotopic (exact) mass is 370 g/mol. The molecule has 0 aliphatic carbocycles. The quantitative estimate of drug-likeness (QED) is 0.553. The van der Waals surface area contributed by atoms with Gasteiger partial charge in [-0.1, -0.05) is 30.3 Å². The molecule has 4 aromatic rings. The number of benzene rings is 2. The molecule has 0 bridgehead atoms. The lowest BCUT2D eigenvalue weighted by atomic mass is 10.1. The molecular weight excluding hydrogens is 357 g/mol. The zero-order valence-corrected chi connectivity index (χ0v) is 13.9. The minimum atomic E-state index is -4.44. The fourth-order valence-corrected chi connectivity index (χ4v) is 2.99. The van der Waals surface area contributed by atoms with Crippen LogP contribution in [0.5, 0.6) is 0 Å². The smallest absolute Gasteiger partial charge is 0.302 e. The highest BCUT2D eigenvalue weighted by Gasteiger charge is 2.30. The lowest BCUT2D eigenvalue weighted by Gasteiger charge is -2.14. The number of halogens is 3. The third-order valence-corrected chi connectivity index (χ3v) is 4.24. The average Bonchev–Trinajstić information content (AvgIpc) is 3.18. The first-order valence-corrected chi connectivity index (χ1v) is 8.07. The Labute approximate surface area is 151 Å². The predicted molar refractivity (Wildman–Crippen MR) is 93.7 cm³/mol. The van der Waals surface area contributed by atoms with Gasteiger partial charge in [-0.05, 0) is 29.8 Å². The summed E-state index contributed by atoms with van der Waals surface area (Å²) in [5.74, 6) is 0. The topological polar surface area (TPSA) is 52.7 Å². The highest BCUT2D eigenvalue weighted by molar-refractivity contribution is 5.81. The van der Waals surface area contributed by atoms with Crippen LogP contribution in [0.1, 0.15) is 11.1 Å². The Morgan fingerprint density at radius 3 is 2.56 bits per heavy atom. The van der Waals surface area contributed by atoms with Gasteiger partial charge in [0.1, 0.15) is 18.3 Å². The fraction of sp³-hybridized carbons (Fsp3) is 0.105. The van der Waals surface area contributed by atoms with E-state index in [4.69, 9.17) is 0 Å². The summed E-state index contributed by atoms with van der Waals surface area (Å²) in [7, 11) is 0. The lowest BCUT2D eigenvalue weighted by Crippen LogP contribution is -2.25. The van der Waals surface area contributed by atoms with Crippen LogP contribution in [0.25, 0.3) is 16.6 Å². The Balaban J connectivity index is 1.89. The van der Waals surface area contributed by atoms with Crippen LogP contribution < -0.4 is 5.56 Å². The molecule has 2 aromatic heterocycles. The number of rotatable bonds is 3. The van der Waals surface area contributed by atoms with Gasteiger partial charge < -0.3 is 4.57 Å². The molecule has 0 unspecified atom stereocenters. The molecule has 0 amide bonds. The van der Waals surface area contributed by atoms with Crippen LogP contribution >= 0.6 is 0 Å². The van der Waals surface area contributed by atoms with Gasteiger partial charge in [0.25, 0.3) is 5.56 Å². The van der Waals surface area contributed by atoms with Crippen LogP contribution in [0.2, 0.25) is 0 Å². The number of fused-ring (bicyclic) bond motifs is 1. The standard InChI is InChI=1S/C19H13F3N4O/c20-19(21,22)15-6-3-4-13(8-15)10-25-16-7-2-1-5-14(16)9-17(18(25)27)26-12-23-11-24-26/h1-9,11-12H,10H2. The maximum Gasteiger partial charge on any atom is 0.416 e. The van der Waals surface area contributed by atoms with E-state index in [2.05, 4.69) is 10.1 Å². The average molecular weight is 370 g/mol. The maximum atomic E-state index is 13.0. The number of nitrogens with zero attached hydrogens (tertiary/aromatic N) is 4. The highest BCUT2D eigenvalue weighted by Crippen LogP contribution is 2.29. The third-order valence-electron chi connectivity index (χ3n) is 4.24. The largest absolute Gasteiger partial charge is 0.416 e. The minimum absolute atomic E-state index is 0.00576. The van der Waals surface area contributed by atoms with E-state index in [1.54, 1.807) is 24.3 Å². The Hall–Kier alpha value is -3.42.